The number of anilines is 1. The third-order valence-corrected chi connectivity index (χ3v) is 2.85. The van der Waals surface area contributed by atoms with E-state index in [4.69, 9.17) is 5.11 Å². The zero-order chi connectivity index (χ0) is 13.7. The molecule has 0 radical (unpaired) electrons. The summed E-state index contributed by atoms with van der Waals surface area (Å²) in [7, 11) is 0. The van der Waals surface area contributed by atoms with Crippen molar-refractivity contribution >= 4 is 17.7 Å². The summed E-state index contributed by atoms with van der Waals surface area (Å²) in [5.41, 5.74) is 1.65. The number of carbonyl (C=O) groups is 1. The van der Waals surface area contributed by atoms with E-state index in [1.165, 1.54) is 13.0 Å². The Hall–Kier alpha value is -1.97. The van der Waals surface area contributed by atoms with Crippen molar-refractivity contribution in [1.82, 2.24) is 0 Å². The van der Waals surface area contributed by atoms with Gasteiger partial charge in [-0.1, -0.05) is 0 Å². The number of phenolic OH excluding ortho intramolecular Hbond substituents is 1. The molecule has 1 aromatic carbocycles. The maximum Gasteiger partial charge on any atom is 0.331 e. The van der Waals surface area contributed by atoms with Gasteiger partial charge in [-0.3, -0.25) is 0 Å². The number of carboxylic acids is 1. The number of aliphatic carboxylic acids is 1. The molecule has 0 heterocycles. The first kappa shape index (κ1) is 14.1. The van der Waals surface area contributed by atoms with Gasteiger partial charge in [0.05, 0.1) is 0 Å². The van der Waals surface area contributed by atoms with E-state index in [9.17, 15) is 9.90 Å². The lowest BCUT2D eigenvalue weighted by atomic mass is 10.1. The van der Waals surface area contributed by atoms with Gasteiger partial charge >= 0.3 is 5.97 Å². The van der Waals surface area contributed by atoms with Gasteiger partial charge in [0.15, 0.2) is 0 Å². The third-order valence-electron chi connectivity index (χ3n) is 2.85. The molecule has 0 spiro atoms. The zero-order valence-corrected chi connectivity index (χ0v) is 11.0. The maximum absolute atomic E-state index is 10.7. The standard InChI is InChI=1S/C14H19NO3/c1-4-15(5-2)12-7-6-11(13(16)9-12)8-10(3)14(17)18/h6-9,16H,4-5H2,1-3H3,(H,17,18)/b10-8+. The number of carboxylic acid groups (broad SMARTS) is 1. The van der Waals surface area contributed by atoms with E-state index in [-0.39, 0.29) is 11.3 Å². The maximum atomic E-state index is 10.7. The summed E-state index contributed by atoms with van der Waals surface area (Å²) >= 11 is 0. The SMILES string of the molecule is CCN(CC)c1ccc(/C=C(\C)C(=O)O)c(O)c1. The van der Waals surface area contributed by atoms with E-state index < -0.39 is 5.97 Å². The van der Waals surface area contributed by atoms with Crippen LogP contribution in [0.25, 0.3) is 6.08 Å². The number of hydrogen-bond donors (Lipinski definition) is 2. The van der Waals surface area contributed by atoms with Crippen LogP contribution in [0, 0.1) is 0 Å². The van der Waals surface area contributed by atoms with Gasteiger partial charge < -0.3 is 15.1 Å². The average Bonchev–Trinajstić information content (AvgIpc) is 2.33. The van der Waals surface area contributed by atoms with Crippen molar-refractivity contribution in [3.63, 3.8) is 0 Å². The second-order valence-electron chi connectivity index (χ2n) is 4.05. The van der Waals surface area contributed by atoms with Gasteiger partial charge in [-0.05, 0) is 39.0 Å². The molecule has 98 valence electrons. The average molecular weight is 249 g/mol. The zero-order valence-electron chi connectivity index (χ0n) is 11.0. The molecule has 0 saturated carbocycles. The van der Waals surface area contributed by atoms with Crippen LogP contribution in [0.15, 0.2) is 23.8 Å². The summed E-state index contributed by atoms with van der Waals surface area (Å²) in [6.45, 7) is 7.31. The van der Waals surface area contributed by atoms with E-state index in [0.29, 0.717) is 5.56 Å². The molecule has 1 aromatic rings. The number of benzene rings is 1. The molecule has 0 unspecified atom stereocenters. The molecule has 0 atom stereocenters. The van der Waals surface area contributed by atoms with E-state index in [0.717, 1.165) is 18.8 Å². The van der Waals surface area contributed by atoms with Crippen LogP contribution in [0.2, 0.25) is 0 Å². The fraction of sp³-hybridized carbons (Fsp3) is 0.357. The largest absolute Gasteiger partial charge is 0.507 e. The molecule has 0 aromatic heterocycles. The summed E-state index contributed by atoms with van der Waals surface area (Å²) in [4.78, 5) is 12.8. The molecule has 0 aliphatic rings. The second-order valence-corrected chi connectivity index (χ2v) is 4.05. The van der Waals surface area contributed by atoms with E-state index in [1.54, 1.807) is 12.1 Å². The van der Waals surface area contributed by atoms with Gasteiger partial charge in [-0.15, -0.1) is 0 Å². The summed E-state index contributed by atoms with van der Waals surface area (Å²) in [5.74, 6) is -0.887. The number of hydrogen-bond acceptors (Lipinski definition) is 3. The first-order chi connectivity index (χ1) is 8.49. The first-order valence-corrected chi connectivity index (χ1v) is 5.99. The Balaban J connectivity index is 3.07. The van der Waals surface area contributed by atoms with Crippen molar-refractivity contribution in [2.24, 2.45) is 0 Å². The van der Waals surface area contributed by atoms with E-state index in [2.05, 4.69) is 4.90 Å². The van der Waals surface area contributed by atoms with Crippen LogP contribution in [0.4, 0.5) is 5.69 Å². The summed E-state index contributed by atoms with van der Waals surface area (Å²) in [6, 6.07) is 5.27. The Bertz CT molecular complexity index is 462. The van der Waals surface area contributed by atoms with Gasteiger partial charge in [0.1, 0.15) is 5.75 Å². The van der Waals surface area contributed by atoms with Crippen LogP contribution < -0.4 is 4.90 Å². The van der Waals surface area contributed by atoms with Gasteiger partial charge in [-0.25, -0.2) is 4.79 Å². The van der Waals surface area contributed by atoms with Crippen LogP contribution in [-0.2, 0) is 4.79 Å². The fourth-order valence-electron chi connectivity index (χ4n) is 1.73. The highest BCUT2D eigenvalue weighted by Crippen LogP contribution is 2.26. The number of rotatable bonds is 5. The molecule has 0 saturated heterocycles. The molecule has 4 nitrogen and oxygen atoms in total. The second kappa shape index (κ2) is 6.10. The topological polar surface area (TPSA) is 60.8 Å². The number of aromatic hydroxyl groups is 1. The normalized spacial score (nSPS) is 11.4. The van der Waals surface area contributed by atoms with Crippen molar-refractivity contribution in [2.75, 3.05) is 18.0 Å². The monoisotopic (exact) mass is 249 g/mol. The van der Waals surface area contributed by atoms with E-state index in [1.807, 2.05) is 19.9 Å². The van der Waals surface area contributed by atoms with Crippen molar-refractivity contribution in [3.8, 4) is 5.75 Å². The van der Waals surface area contributed by atoms with Gasteiger partial charge in [0, 0.05) is 36.0 Å². The van der Waals surface area contributed by atoms with Gasteiger partial charge in [-0.2, -0.15) is 0 Å². The molecule has 0 bridgehead atoms. The lowest BCUT2D eigenvalue weighted by Gasteiger charge is -2.21. The molecule has 4 heteroatoms. The number of nitrogens with zero attached hydrogens (tertiary/aromatic N) is 1. The Morgan fingerprint density at radius 2 is 1.94 bits per heavy atom. The predicted molar refractivity (Wildman–Crippen MR) is 73.0 cm³/mol. The van der Waals surface area contributed by atoms with Crippen molar-refractivity contribution in [3.05, 3.63) is 29.3 Å². The Kier molecular flexibility index (Phi) is 4.77. The highest BCUT2D eigenvalue weighted by atomic mass is 16.4. The minimum Gasteiger partial charge on any atom is -0.507 e. The van der Waals surface area contributed by atoms with Crippen LogP contribution in [0.5, 0.6) is 5.75 Å². The Labute approximate surface area is 107 Å². The van der Waals surface area contributed by atoms with Crippen LogP contribution in [0.3, 0.4) is 0 Å². The van der Waals surface area contributed by atoms with Gasteiger partial charge in [0.2, 0.25) is 0 Å². The lowest BCUT2D eigenvalue weighted by Crippen LogP contribution is -2.21. The van der Waals surface area contributed by atoms with Gasteiger partial charge in [0.25, 0.3) is 0 Å². The Morgan fingerprint density at radius 1 is 1.33 bits per heavy atom. The molecule has 0 aliphatic carbocycles. The van der Waals surface area contributed by atoms with Crippen molar-refractivity contribution < 1.29 is 15.0 Å². The lowest BCUT2D eigenvalue weighted by molar-refractivity contribution is -0.132. The van der Waals surface area contributed by atoms with Crippen LogP contribution in [-0.4, -0.2) is 29.3 Å². The Morgan fingerprint density at radius 3 is 2.39 bits per heavy atom. The van der Waals surface area contributed by atoms with E-state index >= 15 is 0 Å². The minimum atomic E-state index is -0.984. The molecule has 2 N–H and O–H groups in total. The molecule has 1 rings (SSSR count). The highest BCUT2D eigenvalue weighted by molar-refractivity contribution is 5.92. The summed E-state index contributed by atoms with van der Waals surface area (Å²) < 4.78 is 0. The molecular formula is C14H19NO3. The predicted octanol–water partition coefficient (Wildman–Crippen LogP) is 2.73. The van der Waals surface area contributed by atoms with Crippen molar-refractivity contribution in [1.29, 1.82) is 0 Å². The van der Waals surface area contributed by atoms with Crippen molar-refractivity contribution in [2.45, 2.75) is 20.8 Å². The fourth-order valence-corrected chi connectivity index (χ4v) is 1.73. The summed E-state index contributed by atoms with van der Waals surface area (Å²) in [5, 5.41) is 18.7. The third kappa shape index (κ3) is 3.26. The molecule has 0 fully saturated rings. The molecular weight excluding hydrogens is 230 g/mol. The van der Waals surface area contributed by atoms with Crippen LogP contribution in [0.1, 0.15) is 26.3 Å². The smallest absolute Gasteiger partial charge is 0.331 e. The molecule has 0 amide bonds. The number of phenols is 1. The highest BCUT2D eigenvalue weighted by Gasteiger charge is 2.07. The molecule has 0 aliphatic heterocycles. The quantitative estimate of drug-likeness (QED) is 0.788. The first-order valence-electron chi connectivity index (χ1n) is 5.99. The van der Waals surface area contributed by atoms with Crippen LogP contribution >= 0.6 is 0 Å². The minimum absolute atomic E-state index is 0.0972. The summed E-state index contributed by atoms with van der Waals surface area (Å²) in [6.07, 6.45) is 1.46. The molecule has 18 heavy (non-hydrogen) atoms.